The molecule has 1 aromatic carbocycles. The Bertz CT molecular complexity index is 502. The molecule has 1 heterocycles. The molecular formula is C16H21NO4. The Morgan fingerprint density at radius 3 is 2.38 bits per heavy atom. The Morgan fingerprint density at radius 1 is 1.19 bits per heavy atom. The fourth-order valence-corrected chi connectivity index (χ4v) is 2.50. The minimum absolute atomic E-state index is 0.0487. The fourth-order valence-electron chi connectivity index (χ4n) is 2.50. The van der Waals surface area contributed by atoms with Gasteiger partial charge in [0.2, 0.25) is 5.91 Å². The van der Waals surface area contributed by atoms with Crippen LogP contribution in [0.5, 0.6) is 0 Å². The lowest BCUT2D eigenvalue weighted by Gasteiger charge is -2.23. The van der Waals surface area contributed by atoms with E-state index in [1.807, 2.05) is 37.3 Å². The second kappa shape index (κ2) is 6.72. The van der Waals surface area contributed by atoms with Gasteiger partial charge in [0, 0.05) is 12.0 Å². The zero-order valence-corrected chi connectivity index (χ0v) is 12.3. The fraction of sp³-hybridized carbons (Fsp3) is 0.500. The maximum atomic E-state index is 12.1. The monoisotopic (exact) mass is 291 g/mol. The summed E-state index contributed by atoms with van der Waals surface area (Å²) in [5, 5.41) is 11.8. The summed E-state index contributed by atoms with van der Waals surface area (Å²) in [5.74, 6) is -1.06. The molecule has 114 valence electrons. The van der Waals surface area contributed by atoms with Crippen LogP contribution in [0.1, 0.15) is 38.2 Å². The molecule has 0 saturated carbocycles. The summed E-state index contributed by atoms with van der Waals surface area (Å²) in [7, 11) is 0. The molecular weight excluding hydrogens is 270 g/mol. The van der Waals surface area contributed by atoms with Crippen LogP contribution in [0.3, 0.4) is 0 Å². The molecule has 4 atom stereocenters. The van der Waals surface area contributed by atoms with Crippen LogP contribution in [-0.4, -0.2) is 35.2 Å². The zero-order valence-electron chi connectivity index (χ0n) is 12.3. The highest BCUT2D eigenvalue weighted by Crippen LogP contribution is 2.22. The molecule has 1 saturated heterocycles. The van der Waals surface area contributed by atoms with E-state index in [4.69, 9.17) is 9.84 Å². The summed E-state index contributed by atoms with van der Waals surface area (Å²) in [6.07, 6.45) is -0.676. The van der Waals surface area contributed by atoms with Crippen molar-refractivity contribution in [3.63, 3.8) is 0 Å². The number of hydrogen-bond donors (Lipinski definition) is 2. The van der Waals surface area contributed by atoms with E-state index in [9.17, 15) is 9.59 Å². The number of rotatable bonds is 5. The molecule has 0 radical (unpaired) electrons. The van der Waals surface area contributed by atoms with Crippen molar-refractivity contribution in [3.8, 4) is 0 Å². The predicted molar refractivity (Wildman–Crippen MR) is 78.0 cm³/mol. The van der Waals surface area contributed by atoms with Crippen molar-refractivity contribution in [2.75, 3.05) is 0 Å². The van der Waals surface area contributed by atoms with E-state index in [-0.39, 0.29) is 17.9 Å². The topological polar surface area (TPSA) is 75.6 Å². The normalized spacial score (nSPS) is 24.3. The molecule has 0 spiro atoms. The van der Waals surface area contributed by atoms with Gasteiger partial charge >= 0.3 is 5.97 Å². The quantitative estimate of drug-likeness (QED) is 0.869. The number of aliphatic carboxylic acids is 1. The van der Waals surface area contributed by atoms with Crippen molar-refractivity contribution in [3.05, 3.63) is 35.9 Å². The third-order valence-electron chi connectivity index (χ3n) is 4.03. The van der Waals surface area contributed by atoms with Crippen molar-refractivity contribution < 1.29 is 19.4 Å². The Balaban J connectivity index is 1.89. The van der Waals surface area contributed by atoms with Gasteiger partial charge in [-0.25, -0.2) is 4.79 Å². The van der Waals surface area contributed by atoms with E-state index in [1.165, 1.54) is 0 Å². The Hall–Kier alpha value is -1.88. The first-order valence-corrected chi connectivity index (χ1v) is 7.22. The van der Waals surface area contributed by atoms with Gasteiger partial charge in [-0.3, -0.25) is 4.79 Å². The van der Waals surface area contributed by atoms with Crippen LogP contribution < -0.4 is 5.32 Å². The van der Waals surface area contributed by atoms with E-state index in [0.717, 1.165) is 5.56 Å². The third-order valence-corrected chi connectivity index (χ3v) is 4.03. The van der Waals surface area contributed by atoms with Gasteiger partial charge in [-0.15, -0.1) is 0 Å². The summed E-state index contributed by atoms with van der Waals surface area (Å²) in [4.78, 5) is 23.0. The van der Waals surface area contributed by atoms with Crippen LogP contribution >= 0.6 is 0 Å². The smallest absolute Gasteiger partial charge is 0.332 e. The summed E-state index contributed by atoms with van der Waals surface area (Å²) >= 11 is 0. The van der Waals surface area contributed by atoms with E-state index in [0.29, 0.717) is 12.8 Å². The maximum absolute atomic E-state index is 12.1. The maximum Gasteiger partial charge on any atom is 0.332 e. The van der Waals surface area contributed by atoms with Gasteiger partial charge in [-0.05, 0) is 25.3 Å². The van der Waals surface area contributed by atoms with Crippen LogP contribution in [-0.2, 0) is 14.3 Å². The highest BCUT2D eigenvalue weighted by molar-refractivity contribution is 5.82. The van der Waals surface area contributed by atoms with Gasteiger partial charge in [0.05, 0.1) is 0 Å². The van der Waals surface area contributed by atoms with Crippen molar-refractivity contribution >= 4 is 11.9 Å². The highest BCUT2D eigenvalue weighted by atomic mass is 16.5. The van der Waals surface area contributed by atoms with Gasteiger partial charge in [0.15, 0.2) is 6.10 Å². The van der Waals surface area contributed by atoms with E-state index >= 15 is 0 Å². The van der Waals surface area contributed by atoms with Crippen molar-refractivity contribution in [1.29, 1.82) is 0 Å². The number of carboxylic acid groups (broad SMARTS) is 1. The third kappa shape index (κ3) is 3.82. The number of ether oxygens (including phenoxy) is 1. The van der Waals surface area contributed by atoms with Gasteiger partial charge < -0.3 is 15.2 Å². The molecule has 1 aromatic rings. The first-order valence-electron chi connectivity index (χ1n) is 7.22. The number of carbonyl (C=O) groups is 2. The molecule has 2 unspecified atom stereocenters. The molecule has 2 N–H and O–H groups in total. The molecule has 1 amide bonds. The van der Waals surface area contributed by atoms with Crippen LogP contribution in [0, 0.1) is 0 Å². The minimum Gasteiger partial charge on any atom is -0.479 e. The number of nitrogens with one attached hydrogen (secondary N) is 1. The molecule has 1 aliphatic rings. The highest BCUT2D eigenvalue weighted by Gasteiger charge is 2.35. The lowest BCUT2D eigenvalue weighted by Crippen LogP contribution is -2.42. The van der Waals surface area contributed by atoms with Crippen LogP contribution in [0.2, 0.25) is 0 Å². The van der Waals surface area contributed by atoms with Gasteiger partial charge in [0.1, 0.15) is 6.10 Å². The summed E-state index contributed by atoms with van der Waals surface area (Å²) in [5.41, 5.74) is 1.15. The van der Waals surface area contributed by atoms with Crippen LogP contribution in [0.4, 0.5) is 0 Å². The molecule has 0 bridgehead atoms. The molecule has 1 fully saturated rings. The number of amides is 1. The van der Waals surface area contributed by atoms with Crippen molar-refractivity contribution in [2.24, 2.45) is 0 Å². The zero-order chi connectivity index (χ0) is 15.4. The summed E-state index contributed by atoms with van der Waals surface area (Å²) < 4.78 is 5.26. The number of carbonyl (C=O) groups excluding carboxylic acids is 1. The number of carboxylic acids is 1. The second-order valence-electron chi connectivity index (χ2n) is 5.53. The SMILES string of the molecule is CC(NC(=O)[C@@H]1CC[C@H](C(=O)O)O1)C(C)c1ccccc1. The molecule has 2 rings (SSSR count). The van der Waals surface area contributed by atoms with Crippen LogP contribution in [0.25, 0.3) is 0 Å². The Morgan fingerprint density at radius 2 is 1.81 bits per heavy atom. The average molecular weight is 291 g/mol. The van der Waals surface area contributed by atoms with Crippen molar-refractivity contribution in [1.82, 2.24) is 5.32 Å². The molecule has 0 aliphatic carbocycles. The number of hydrogen-bond acceptors (Lipinski definition) is 3. The van der Waals surface area contributed by atoms with E-state index < -0.39 is 18.2 Å². The molecule has 21 heavy (non-hydrogen) atoms. The van der Waals surface area contributed by atoms with Crippen LogP contribution in [0.15, 0.2) is 30.3 Å². The van der Waals surface area contributed by atoms with E-state index in [2.05, 4.69) is 12.2 Å². The summed E-state index contributed by atoms with van der Waals surface area (Å²) in [6, 6.07) is 9.90. The van der Waals surface area contributed by atoms with Crippen molar-refractivity contribution in [2.45, 2.75) is 50.9 Å². The number of benzene rings is 1. The molecule has 1 aliphatic heterocycles. The minimum atomic E-state index is -1.00. The second-order valence-corrected chi connectivity index (χ2v) is 5.53. The lowest BCUT2D eigenvalue weighted by atomic mass is 9.94. The lowest BCUT2D eigenvalue weighted by molar-refractivity contribution is -0.151. The molecule has 5 heteroatoms. The average Bonchev–Trinajstić information content (AvgIpc) is 2.97. The standard InChI is InChI=1S/C16H21NO4/c1-10(12-6-4-3-5-7-12)11(2)17-15(18)13-8-9-14(21-13)16(19)20/h3-7,10-11,13-14H,8-9H2,1-2H3,(H,17,18)(H,19,20)/t10?,11?,13-,14+/m0/s1. The largest absolute Gasteiger partial charge is 0.479 e. The Labute approximate surface area is 124 Å². The molecule has 0 aromatic heterocycles. The van der Waals surface area contributed by atoms with Gasteiger partial charge in [-0.1, -0.05) is 37.3 Å². The Kier molecular flexibility index (Phi) is 4.96. The van der Waals surface area contributed by atoms with E-state index in [1.54, 1.807) is 0 Å². The van der Waals surface area contributed by atoms with Gasteiger partial charge in [0.25, 0.3) is 0 Å². The first kappa shape index (κ1) is 15.5. The molecule has 5 nitrogen and oxygen atoms in total. The van der Waals surface area contributed by atoms with Gasteiger partial charge in [-0.2, -0.15) is 0 Å². The summed E-state index contributed by atoms with van der Waals surface area (Å²) in [6.45, 7) is 4.00. The predicted octanol–water partition coefficient (Wildman–Crippen LogP) is 1.93. The first-order chi connectivity index (χ1) is 9.99.